The van der Waals surface area contributed by atoms with E-state index in [9.17, 15) is 4.79 Å². The summed E-state index contributed by atoms with van der Waals surface area (Å²) < 4.78 is 0. The van der Waals surface area contributed by atoms with Crippen molar-refractivity contribution in [3.05, 3.63) is 65.2 Å². The fraction of sp³-hybridized carbons (Fsp3) is 0.350. The maximum absolute atomic E-state index is 10.9. The minimum Gasteiger partial charge on any atom is -0.369 e. The van der Waals surface area contributed by atoms with E-state index in [4.69, 9.17) is 0 Å². The monoisotopic (exact) mass is 308 g/mol. The molecule has 0 aromatic heterocycles. The highest BCUT2D eigenvalue weighted by atomic mass is 16.1. The van der Waals surface area contributed by atoms with Crippen molar-refractivity contribution in [3.63, 3.8) is 0 Å². The van der Waals surface area contributed by atoms with E-state index in [1.807, 2.05) is 13.0 Å². The number of benzene rings is 2. The highest BCUT2D eigenvalue weighted by Crippen LogP contribution is 2.24. The minimum atomic E-state index is 0.456. The lowest BCUT2D eigenvalue weighted by atomic mass is 10.1. The lowest BCUT2D eigenvalue weighted by Crippen LogP contribution is -2.47. The van der Waals surface area contributed by atoms with Gasteiger partial charge in [0.15, 0.2) is 0 Å². The van der Waals surface area contributed by atoms with Gasteiger partial charge >= 0.3 is 0 Å². The largest absolute Gasteiger partial charge is 0.369 e. The van der Waals surface area contributed by atoms with Crippen LogP contribution in [0.3, 0.4) is 0 Å². The second kappa shape index (κ2) is 6.97. The Kier molecular flexibility index (Phi) is 4.77. The minimum absolute atomic E-state index is 0.456. The Morgan fingerprint density at radius 2 is 1.70 bits per heavy atom. The summed E-state index contributed by atoms with van der Waals surface area (Å²) in [6, 6.07) is 17.3. The number of aldehydes is 1. The molecule has 1 aliphatic heterocycles. The zero-order chi connectivity index (χ0) is 16.2. The first kappa shape index (κ1) is 15.8. The average Bonchev–Trinajstić information content (AvgIpc) is 2.62. The number of hydrogen-bond acceptors (Lipinski definition) is 3. The molecule has 3 rings (SSSR count). The maximum atomic E-state index is 10.9. The second-order valence-electron chi connectivity index (χ2n) is 6.27. The van der Waals surface area contributed by atoms with Crippen LogP contribution >= 0.6 is 0 Å². The quantitative estimate of drug-likeness (QED) is 0.805. The molecule has 120 valence electrons. The molecule has 1 saturated heterocycles. The van der Waals surface area contributed by atoms with Crippen LogP contribution in [-0.4, -0.2) is 37.4 Å². The summed E-state index contributed by atoms with van der Waals surface area (Å²) in [6.45, 7) is 8.46. The maximum Gasteiger partial charge on any atom is 0.150 e. The molecular formula is C20H24N2O. The van der Waals surface area contributed by atoms with E-state index in [0.717, 1.165) is 43.6 Å². The van der Waals surface area contributed by atoms with E-state index >= 15 is 0 Å². The van der Waals surface area contributed by atoms with E-state index in [0.29, 0.717) is 6.04 Å². The standard InChI is InChI=1S/C20H24N2O/c1-16-14-20(9-8-19(16)15-23)22-12-10-21(11-13-22)17(2)18-6-4-3-5-7-18/h3-9,14-15,17H,10-13H2,1-2H3/t17-/m0/s1. The number of hydrogen-bond donors (Lipinski definition) is 0. The normalized spacial score (nSPS) is 17.0. The van der Waals surface area contributed by atoms with Gasteiger partial charge in [-0.25, -0.2) is 0 Å². The lowest BCUT2D eigenvalue weighted by molar-refractivity contribution is 0.112. The van der Waals surface area contributed by atoms with Gasteiger partial charge in [-0.1, -0.05) is 30.3 Å². The van der Waals surface area contributed by atoms with E-state index in [1.165, 1.54) is 11.3 Å². The van der Waals surface area contributed by atoms with Gasteiger partial charge in [-0.15, -0.1) is 0 Å². The molecular weight excluding hydrogens is 284 g/mol. The van der Waals surface area contributed by atoms with Crippen molar-refractivity contribution in [1.29, 1.82) is 0 Å². The van der Waals surface area contributed by atoms with Crippen LogP contribution in [0.25, 0.3) is 0 Å². The molecule has 1 atom stereocenters. The molecule has 0 amide bonds. The van der Waals surface area contributed by atoms with Crippen LogP contribution in [0, 0.1) is 6.92 Å². The SMILES string of the molecule is Cc1cc(N2CCN([C@@H](C)c3ccccc3)CC2)ccc1C=O. The van der Waals surface area contributed by atoms with Gasteiger partial charge in [-0.2, -0.15) is 0 Å². The van der Waals surface area contributed by atoms with E-state index in [-0.39, 0.29) is 0 Å². The Bertz CT molecular complexity index is 661. The summed E-state index contributed by atoms with van der Waals surface area (Å²) in [5.74, 6) is 0. The Balaban J connectivity index is 1.64. The molecule has 0 bridgehead atoms. The molecule has 1 fully saturated rings. The lowest BCUT2D eigenvalue weighted by Gasteiger charge is -2.39. The molecule has 3 heteroatoms. The van der Waals surface area contributed by atoms with Crippen LogP contribution in [-0.2, 0) is 0 Å². The van der Waals surface area contributed by atoms with Crippen LogP contribution in [0.4, 0.5) is 5.69 Å². The summed E-state index contributed by atoms with van der Waals surface area (Å²) >= 11 is 0. The van der Waals surface area contributed by atoms with Crippen molar-refractivity contribution >= 4 is 12.0 Å². The van der Waals surface area contributed by atoms with Gasteiger partial charge in [0.25, 0.3) is 0 Å². The average molecular weight is 308 g/mol. The summed E-state index contributed by atoms with van der Waals surface area (Å²) in [5, 5.41) is 0. The molecule has 0 saturated carbocycles. The predicted molar refractivity (Wildman–Crippen MR) is 95.2 cm³/mol. The third kappa shape index (κ3) is 3.45. The molecule has 1 heterocycles. The summed E-state index contributed by atoms with van der Waals surface area (Å²) in [5.41, 5.74) is 4.44. The van der Waals surface area contributed by atoms with Gasteiger partial charge in [0.2, 0.25) is 0 Å². The summed E-state index contributed by atoms with van der Waals surface area (Å²) in [7, 11) is 0. The zero-order valence-corrected chi connectivity index (χ0v) is 13.9. The molecule has 0 aliphatic carbocycles. The van der Waals surface area contributed by atoms with Gasteiger partial charge in [-0.3, -0.25) is 9.69 Å². The number of nitrogens with zero attached hydrogens (tertiary/aromatic N) is 2. The van der Waals surface area contributed by atoms with Crippen molar-refractivity contribution < 1.29 is 4.79 Å². The van der Waals surface area contributed by atoms with Crippen molar-refractivity contribution in [2.75, 3.05) is 31.1 Å². The van der Waals surface area contributed by atoms with Gasteiger partial charge in [0.05, 0.1) is 0 Å². The molecule has 0 unspecified atom stereocenters. The second-order valence-corrected chi connectivity index (χ2v) is 6.27. The summed E-state index contributed by atoms with van der Waals surface area (Å²) in [4.78, 5) is 15.9. The van der Waals surface area contributed by atoms with Crippen molar-refractivity contribution in [2.24, 2.45) is 0 Å². The number of rotatable bonds is 4. The third-order valence-corrected chi connectivity index (χ3v) is 4.89. The number of carbonyl (C=O) groups excluding carboxylic acids is 1. The van der Waals surface area contributed by atoms with Crippen LogP contribution < -0.4 is 4.90 Å². The molecule has 0 spiro atoms. The first-order valence-corrected chi connectivity index (χ1v) is 8.29. The van der Waals surface area contributed by atoms with Crippen LogP contribution in [0.1, 0.15) is 34.5 Å². The molecule has 3 nitrogen and oxygen atoms in total. The van der Waals surface area contributed by atoms with Gasteiger partial charge < -0.3 is 4.90 Å². The van der Waals surface area contributed by atoms with Crippen molar-refractivity contribution in [1.82, 2.24) is 4.90 Å². The van der Waals surface area contributed by atoms with Gasteiger partial charge in [0, 0.05) is 43.5 Å². The first-order valence-electron chi connectivity index (χ1n) is 8.29. The Morgan fingerprint density at radius 3 is 2.30 bits per heavy atom. The van der Waals surface area contributed by atoms with Crippen LogP contribution in [0.5, 0.6) is 0 Å². The van der Waals surface area contributed by atoms with Gasteiger partial charge in [-0.05, 0) is 43.2 Å². The Morgan fingerprint density at radius 1 is 1.00 bits per heavy atom. The predicted octanol–water partition coefficient (Wildman–Crippen LogP) is 3.69. The van der Waals surface area contributed by atoms with E-state index < -0.39 is 0 Å². The Labute approximate surface area is 138 Å². The smallest absolute Gasteiger partial charge is 0.150 e. The molecule has 23 heavy (non-hydrogen) atoms. The third-order valence-electron chi connectivity index (χ3n) is 4.89. The number of piperazine rings is 1. The van der Waals surface area contributed by atoms with Crippen molar-refractivity contribution in [2.45, 2.75) is 19.9 Å². The van der Waals surface area contributed by atoms with Gasteiger partial charge in [0.1, 0.15) is 6.29 Å². The molecule has 2 aromatic carbocycles. The van der Waals surface area contributed by atoms with E-state index in [2.05, 4.69) is 59.2 Å². The highest BCUT2D eigenvalue weighted by Gasteiger charge is 2.22. The fourth-order valence-electron chi connectivity index (χ4n) is 3.30. The van der Waals surface area contributed by atoms with E-state index in [1.54, 1.807) is 0 Å². The van der Waals surface area contributed by atoms with Crippen molar-refractivity contribution in [3.8, 4) is 0 Å². The number of anilines is 1. The van der Waals surface area contributed by atoms with Crippen LogP contribution in [0.15, 0.2) is 48.5 Å². The molecule has 0 radical (unpaired) electrons. The topological polar surface area (TPSA) is 23.6 Å². The highest BCUT2D eigenvalue weighted by molar-refractivity contribution is 5.78. The molecule has 1 aliphatic rings. The Hall–Kier alpha value is -2.13. The first-order chi connectivity index (χ1) is 11.2. The zero-order valence-electron chi connectivity index (χ0n) is 13.9. The number of carbonyl (C=O) groups is 1. The number of aryl methyl sites for hydroxylation is 1. The fourth-order valence-corrected chi connectivity index (χ4v) is 3.30. The molecule has 2 aromatic rings. The molecule has 0 N–H and O–H groups in total. The van der Waals surface area contributed by atoms with Crippen LogP contribution in [0.2, 0.25) is 0 Å². The summed E-state index contributed by atoms with van der Waals surface area (Å²) in [6.07, 6.45) is 0.929.